The lowest BCUT2D eigenvalue weighted by Gasteiger charge is -2.34. The van der Waals surface area contributed by atoms with Crippen molar-refractivity contribution in [2.45, 2.75) is 96.4 Å². The first kappa shape index (κ1) is 30.9. The summed E-state index contributed by atoms with van der Waals surface area (Å²) in [6.07, 6.45) is -2.23. The van der Waals surface area contributed by atoms with Crippen LogP contribution in [0.1, 0.15) is 106 Å². The largest absolute Gasteiger partial charge is 0.394 e. The van der Waals surface area contributed by atoms with E-state index in [0.717, 1.165) is 32.3 Å². The third-order valence-electron chi connectivity index (χ3n) is 8.45. The summed E-state index contributed by atoms with van der Waals surface area (Å²) in [4.78, 5) is 33.6. The minimum atomic E-state index is -4.53. The first-order chi connectivity index (χ1) is 20.0. The molecule has 1 aromatic carbocycles. The molecule has 2 aliphatic carbocycles. The summed E-state index contributed by atoms with van der Waals surface area (Å²) < 4.78 is 69.8. The molecule has 3 N–H and O–H groups in total. The monoisotopic (exact) mass is 608 g/mol. The Balaban J connectivity index is 1.39. The summed E-state index contributed by atoms with van der Waals surface area (Å²) in [5.41, 5.74) is -0.0969. The molecule has 0 bridgehead atoms. The second-order valence-electron chi connectivity index (χ2n) is 13.0. The summed E-state index contributed by atoms with van der Waals surface area (Å²) in [5, 5.41) is 9.90. The van der Waals surface area contributed by atoms with Crippen LogP contribution in [0.2, 0.25) is 0 Å². The number of imidazole rings is 1. The van der Waals surface area contributed by atoms with Gasteiger partial charge in [-0.3, -0.25) is 14.3 Å². The van der Waals surface area contributed by atoms with E-state index in [2.05, 4.69) is 25.7 Å². The number of carbonyl (C=O) groups excluding carboxylic acids is 2. The van der Waals surface area contributed by atoms with Crippen molar-refractivity contribution in [3.05, 3.63) is 47.5 Å². The number of aromatic amines is 1. The molecule has 2 aliphatic rings. The van der Waals surface area contributed by atoms with Crippen LogP contribution in [-0.4, -0.2) is 43.7 Å². The van der Waals surface area contributed by atoms with E-state index in [1.807, 2.05) is 19.9 Å². The number of hydrogen-bond acceptors (Lipinski definition) is 4. The highest BCUT2D eigenvalue weighted by Gasteiger charge is 2.49. The zero-order valence-electron chi connectivity index (χ0n) is 24.6. The maximum absolute atomic E-state index is 13.9. The van der Waals surface area contributed by atoms with Gasteiger partial charge in [-0.2, -0.15) is 18.3 Å². The van der Waals surface area contributed by atoms with Crippen LogP contribution in [0.25, 0.3) is 11.0 Å². The smallest absolute Gasteiger partial charge is 0.349 e. The second-order valence-corrected chi connectivity index (χ2v) is 13.0. The SMILES string of the molecule is CC(C)n1nccc1C(=O)N[C@@H](CC(C)(C)C(F)(F)F)c1nc2ccc([C@H](NC(=O)CC3CC(F)(F)C3)C3CC3)cc2[nH]1. The van der Waals surface area contributed by atoms with E-state index in [-0.39, 0.29) is 60.6 Å². The molecule has 234 valence electrons. The number of rotatable bonds is 11. The van der Waals surface area contributed by atoms with Crippen molar-refractivity contribution in [2.24, 2.45) is 17.3 Å². The van der Waals surface area contributed by atoms with Crippen LogP contribution in [0.15, 0.2) is 30.5 Å². The van der Waals surface area contributed by atoms with Crippen molar-refractivity contribution in [3.63, 3.8) is 0 Å². The van der Waals surface area contributed by atoms with Crippen molar-refractivity contribution in [1.82, 2.24) is 30.4 Å². The Bertz CT molecular complexity index is 1480. The summed E-state index contributed by atoms with van der Waals surface area (Å²) in [6, 6.07) is 5.28. The summed E-state index contributed by atoms with van der Waals surface area (Å²) in [6.45, 7) is 5.85. The van der Waals surface area contributed by atoms with Crippen molar-refractivity contribution in [2.75, 3.05) is 0 Å². The maximum Gasteiger partial charge on any atom is 0.394 e. The molecule has 2 atom stereocenters. The highest BCUT2D eigenvalue weighted by molar-refractivity contribution is 5.92. The number of fused-ring (bicyclic) bond motifs is 1. The molecular weight excluding hydrogens is 571 g/mol. The Morgan fingerprint density at radius 1 is 1.12 bits per heavy atom. The van der Waals surface area contributed by atoms with Gasteiger partial charge in [-0.1, -0.05) is 19.9 Å². The van der Waals surface area contributed by atoms with Gasteiger partial charge in [-0.25, -0.2) is 13.8 Å². The molecule has 0 unspecified atom stereocenters. The number of aromatic nitrogens is 4. The summed E-state index contributed by atoms with van der Waals surface area (Å²) in [7, 11) is 0. The molecule has 5 rings (SSSR count). The van der Waals surface area contributed by atoms with Crippen molar-refractivity contribution in [3.8, 4) is 0 Å². The molecule has 0 radical (unpaired) electrons. The molecule has 2 amide bonds. The van der Waals surface area contributed by atoms with Gasteiger partial charge >= 0.3 is 6.18 Å². The Morgan fingerprint density at radius 2 is 1.81 bits per heavy atom. The van der Waals surface area contributed by atoms with Gasteiger partial charge in [0.1, 0.15) is 11.5 Å². The molecule has 8 nitrogen and oxygen atoms in total. The van der Waals surface area contributed by atoms with Crippen LogP contribution in [0, 0.1) is 17.3 Å². The fraction of sp³-hybridized carbons (Fsp3) is 0.600. The van der Waals surface area contributed by atoms with Gasteiger partial charge in [0, 0.05) is 31.5 Å². The lowest BCUT2D eigenvalue weighted by molar-refractivity contribution is -0.215. The van der Waals surface area contributed by atoms with Gasteiger partial charge in [0.15, 0.2) is 0 Å². The quantitative estimate of drug-likeness (QED) is 0.209. The van der Waals surface area contributed by atoms with Gasteiger partial charge in [0.2, 0.25) is 11.8 Å². The van der Waals surface area contributed by atoms with Crippen LogP contribution in [-0.2, 0) is 4.79 Å². The molecule has 2 aromatic heterocycles. The van der Waals surface area contributed by atoms with Gasteiger partial charge in [0.05, 0.1) is 28.5 Å². The number of amides is 2. The highest BCUT2D eigenvalue weighted by Crippen LogP contribution is 2.46. The predicted octanol–water partition coefficient (Wildman–Crippen LogP) is 6.79. The number of carbonyl (C=O) groups is 2. The molecule has 0 aliphatic heterocycles. The first-order valence-electron chi connectivity index (χ1n) is 14.6. The predicted molar refractivity (Wildman–Crippen MR) is 149 cm³/mol. The minimum Gasteiger partial charge on any atom is -0.349 e. The Kier molecular flexibility index (Phi) is 8.06. The lowest BCUT2D eigenvalue weighted by Crippen LogP contribution is -2.39. The number of H-pyrrole nitrogens is 1. The lowest BCUT2D eigenvalue weighted by atomic mass is 9.79. The minimum absolute atomic E-state index is 0.0430. The molecular formula is C30H37F5N6O2. The van der Waals surface area contributed by atoms with E-state index in [0.29, 0.717) is 11.0 Å². The zero-order chi connectivity index (χ0) is 31.3. The number of alkyl halides is 5. The van der Waals surface area contributed by atoms with E-state index >= 15 is 0 Å². The fourth-order valence-corrected chi connectivity index (χ4v) is 5.71. The Hall–Kier alpha value is -3.51. The number of nitrogens with one attached hydrogen (secondary N) is 3. The molecule has 13 heteroatoms. The van der Waals surface area contributed by atoms with Crippen molar-refractivity contribution >= 4 is 22.8 Å². The first-order valence-corrected chi connectivity index (χ1v) is 14.6. The maximum atomic E-state index is 13.9. The molecule has 2 fully saturated rings. The Labute approximate surface area is 246 Å². The number of nitrogens with zero attached hydrogens (tertiary/aromatic N) is 3. The molecule has 2 heterocycles. The standard InChI is InChI=1S/C30H37F5N6O2/c1-16(2)41-23(9-10-36-41)27(43)39-22(15-28(3,4)30(33,34)35)26-37-20-8-7-19(12-21(20)38-26)25(18-5-6-18)40-24(42)11-17-13-29(31,32)14-17/h7-10,12,16-18,22,25H,5-6,11,13-15H2,1-4H3,(H,37,38)(H,39,43)(H,40,42)/t22-,25+/m0/s1. The third kappa shape index (κ3) is 6.85. The molecule has 2 saturated carbocycles. The summed E-state index contributed by atoms with van der Waals surface area (Å²) >= 11 is 0. The van der Waals surface area contributed by atoms with Crippen LogP contribution in [0.5, 0.6) is 0 Å². The molecule has 0 spiro atoms. The van der Waals surface area contributed by atoms with Crippen molar-refractivity contribution in [1.29, 1.82) is 0 Å². The molecule has 0 saturated heterocycles. The van der Waals surface area contributed by atoms with Crippen LogP contribution < -0.4 is 10.6 Å². The van der Waals surface area contributed by atoms with Gasteiger partial charge in [-0.15, -0.1) is 0 Å². The average molecular weight is 609 g/mol. The number of halogens is 5. The molecule has 3 aromatic rings. The van der Waals surface area contributed by atoms with Gasteiger partial charge in [0.25, 0.3) is 5.91 Å². The van der Waals surface area contributed by atoms with Crippen LogP contribution in [0.3, 0.4) is 0 Å². The van der Waals surface area contributed by atoms with E-state index < -0.39 is 35.9 Å². The fourth-order valence-electron chi connectivity index (χ4n) is 5.71. The zero-order valence-corrected chi connectivity index (χ0v) is 24.6. The highest BCUT2D eigenvalue weighted by atomic mass is 19.4. The Morgan fingerprint density at radius 3 is 2.42 bits per heavy atom. The number of benzene rings is 1. The topological polar surface area (TPSA) is 105 Å². The van der Waals surface area contributed by atoms with Gasteiger partial charge in [-0.05, 0) is 68.7 Å². The van der Waals surface area contributed by atoms with E-state index in [9.17, 15) is 31.5 Å². The molecule has 43 heavy (non-hydrogen) atoms. The van der Waals surface area contributed by atoms with E-state index in [4.69, 9.17) is 0 Å². The van der Waals surface area contributed by atoms with Crippen LogP contribution in [0.4, 0.5) is 22.0 Å². The van der Waals surface area contributed by atoms with Gasteiger partial charge < -0.3 is 15.6 Å². The number of hydrogen-bond donors (Lipinski definition) is 3. The van der Waals surface area contributed by atoms with E-state index in [1.54, 1.807) is 12.1 Å². The van der Waals surface area contributed by atoms with Crippen molar-refractivity contribution < 1.29 is 31.5 Å². The summed E-state index contributed by atoms with van der Waals surface area (Å²) in [5.74, 6) is -3.49. The third-order valence-corrected chi connectivity index (χ3v) is 8.45. The van der Waals surface area contributed by atoms with Crippen LogP contribution >= 0.6 is 0 Å². The second kappa shape index (κ2) is 11.2. The normalized spacial score (nSPS) is 18.8. The average Bonchev–Trinajstić information content (AvgIpc) is 3.42. The van der Waals surface area contributed by atoms with E-state index in [1.165, 1.54) is 16.9 Å².